The summed E-state index contributed by atoms with van der Waals surface area (Å²) < 4.78 is 47.2. The number of alkyl halides is 3. The van der Waals surface area contributed by atoms with Gasteiger partial charge in [0, 0.05) is 22.7 Å². The van der Waals surface area contributed by atoms with E-state index in [4.69, 9.17) is 16.3 Å². The molecule has 11 heteroatoms. The molecule has 3 aromatic rings. The molecule has 3 rings (SSSR count). The molecule has 0 aliphatic carbocycles. The van der Waals surface area contributed by atoms with Crippen molar-refractivity contribution in [3.63, 3.8) is 0 Å². The summed E-state index contributed by atoms with van der Waals surface area (Å²) in [6.07, 6.45) is -4.82. The van der Waals surface area contributed by atoms with Gasteiger partial charge in [-0.3, -0.25) is 0 Å². The van der Waals surface area contributed by atoms with Gasteiger partial charge in [-0.05, 0) is 37.3 Å². The Balaban J connectivity index is 2.02. The molecule has 3 N–H and O–H groups in total. The predicted molar refractivity (Wildman–Crippen MR) is 116 cm³/mol. The van der Waals surface area contributed by atoms with Gasteiger partial charge in [0.2, 0.25) is 5.95 Å². The summed E-state index contributed by atoms with van der Waals surface area (Å²) in [5, 5.41) is 15.8. The Hall–Kier alpha value is -3.24. The maximum Gasteiger partial charge on any atom is 0.573 e. The van der Waals surface area contributed by atoms with Crippen LogP contribution in [0.4, 0.5) is 30.6 Å². The number of ether oxygens (including phenoxy) is 2. The quantitative estimate of drug-likeness (QED) is 0.416. The number of nitrogens with one attached hydrogen (secondary N) is 2. The molecule has 0 spiro atoms. The van der Waals surface area contributed by atoms with Gasteiger partial charge in [-0.1, -0.05) is 23.7 Å². The first-order valence-electron chi connectivity index (χ1n) is 9.40. The zero-order chi connectivity index (χ0) is 23.3. The highest BCUT2D eigenvalue weighted by molar-refractivity contribution is 6.31. The van der Waals surface area contributed by atoms with Gasteiger partial charge in [-0.15, -0.1) is 13.2 Å². The number of methoxy groups -OCH3 is 1. The average Bonchev–Trinajstić information content (AvgIpc) is 2.72. The molecule has 0 saturated heterocycles. The fourth-order valence-corrected chi connectivity index (χ4v) is 2.93. The van der Waals surface area contributed by atoms with Gasteiger partial charge in [0.25, 0.3) is 0 Å². The minimum atomic E-state index is -4.82. The maximum atomic E-state index is 12.6. The summed E-state index contributed by atoms with van der Waals surface area (Å²) in [7, 11) is 1.50. The molecule has 32 heavy (non-hydrogen) atoms. The van der Waals surface area contributed by atoms with Crippen molar-refractivity contribution >= 4 is 29.1 Å². The van der Waals surface area contributed by atoms with Crippen LogP contribution in [0.3, 0.4) is 0 Å². The van der Waals surface area contributed by atoms with Gasteiger partial charge in [-0.2, -0.15) is 4.98 Å². The summed E-state index contributed by atoms with van der Waals surface area (Å²) >= 11 is 6.08. The summed E-state index contributed by atoms with van der Waals surface area (Å²) in [4.78, 5) is 8.74. The largest absolute Gasteiger partial charge is 0.573 e. The van der Waals surface area contributed by atoms with Crippen LogP contribution in [0.15, 0.2) is 48.5 Å². The summed E-state index contributed by atoms with van der Waals surface area (Å²) in [6, 6.07) is 11.6. The monoisotopic (exact) mass is 468 g/mol. The lowest BCUT2D eigenvalue weighted by atomic mass is 10.1. The van der Waals surface area contributed by atoms with E-state index >= 15 is 0 Å². The lowest BCUT2D eigenvalue weighted by Crippen LogP contribution is -2.21. The van der Waals surface area contributed by atoms with Crippen molar-refractivity contribution in [1.29, 1.82) is 0 Å². The molecular weight excluding hydrogens is 449 g/mol. The van der Waals surface area contributed by atoms with Crippen LogP contribution < -0.4 is 20.1 Å². The third-order valence-corrected chi connectivity index (χ3v) is 4.40. The minimum Gasteiger partial charge on any atom is -0.495 e. The molecule has 1 aromatic heterocycles. The Morgan fingerprint density at radius 2 is 1.91 bits per heavy atom. The fourth-order valence-electron chi connectivity index (χ4n) is 2.76. The van der Waals surface area contributed by atoms with Crippen molar-refractivity contribution in [2.45, 2.75) is 19.3 Å². The van der Waals surface area contributed by atoms with Gasteiger partial charge in [-0.25, -0.2) is 4.98 Å². The van der Waals surface area contributed by atoms with E-state index in [-0.39, 0.29) is 24.3 Å². The molecule has 0 fully saturated rings. The highest BCUT2D eigenvalue weighted by atomic mass is 35.5. The van der Waals surface area contributed by atoms with Gasteiger partial charge >= 0.3 is 6.36 Å². The van der Waals surface area contributed by atoms with E-state index in [1.165, 1.54) is 25.3 Å². The zero-order valence-electron chi connectivity index (χ0n) is 17.1. The number of aromatic nitrogens is 2. The molecule has 170 valence electrons. The topological polar surface area (TPSA) is 88.5 Å². The second-order valence-corrected chi connectivity index (χ2v) is 7.17. The van der Waals surface area contributed by atoms with Gasteiger partial charge in [0.1, 0.15) is 17.3 Å². The smallest absolute Gasteiger partial charge is 0.495 e. The molecule has 1 heterocycles. The Morgan fingerprint density at radius 1 is 1.12 bits per heavy atom. The molecule has 1 atom stereocenters. The maximum absolute atomic E-state index is 12.6. The molecule has 0 radical (unpaired) electrons. The molecule has 0 amide bonds. The van der Waals surface area contributed by atoms with Gasteiger partial charge in [0.05, 0.1) is 25.1 Å². The number of hydrogen-bond acceptors (Lipinski definition) is 7. The first-order chi connectivity index (χ1) is 15.2. The fraction of sp³-hybridized carbons (Fsp3) is 0.238. The Labute approximate surface area is 187 Å². The van der Waals surface area contributed by atoms with E-state index in [1.807, 2.05) is 0 Å². The van der Waals surface area contributed by atoms with Crippen molar-refractivity contribution in [1.82, 2.24) is 9.97 Å². The van der Waals surface area contributed by atoms with Crippen molar-refractivity contribution in [3.05, 3.63) is 53.6 Å². The van der Waals surface area contributed by atoms with Crippen LogP contribution in [0.2, 0.25) is 5.02 Å². The number of nitrogens with zero attached hydrogens (tertiary/aromatic N) is 2. The van der Waals surface area contributed by atoms with E-state index < -0.39 is 6.36 Å². The summed E-state index contributed by atoms with van der Waals surface area (Å²) in [5.74, 6) is 0.617. The molecule has 0 saturated carbocycles. The molecule has 0 unspecified atom stereocenters. The summed E-state index contributed by atoms with van der Waals surface area (Å²) in [5.41, 5.74) is 1.22. The van der Waals surface area contributed by atoms with Crippen LogP contribution in [0.25, 0.3) is 11.3 Å². The first kappa shape index (κ1) is 23.4. The normalized spacial score (nSPS) is 12.2. The Morgan fingerprint density at radius 3 is 2.59 bits per heavy atom. The van der Waals surface area contributed by atoms with Crippen molar-refractivity contribution in [2.75, 3.05) is 24.4 Å². The van der Waals surface area contributed by atoms with Crippen LogP contribution in [-0.4, -0.2) is 41.2 Å². The second-order valence-electron chi connectivity index (χ2n) is 6.74. The number of rotatable bonds is 8. The minimum absolute atomic E-state index is 0.162. The van der Waals surface area contributed by atoms with Crippen molar-refractivity contribution < 1.29 is 27.8 Å². The van der Waals surface area contributed by atoms with Crippen LogP contribution in [0, 0.1) is 0 Å². The van der Waals surface area contributed by atoms with Gasteiger partial charge < -0.3 is 25.2 Å². The SMILES string of the molecule is COc1ccc(Cl)cc1Nc1cc(-c2cccc(OC(F)(F)F)c2)nc(N[C@H](C)CO)n1. The van der Waals surface area contributed by atoms with E-state index in [1.54, 1.807) is 37.3 Å². The third-order valence-electron chi connectivity index (χ3n) is 4.16. The predicted octanol–water partition coefficient (Wildman–Crippen LogP) is 5.24. The lowest BCUT2D eigenvalue weighted by Gasteiger charge is -2.16. The number of halogens is 4. The number of benzene rings is 2. The van der Waals surface area contributed by atoms with Crippen molar-refractivity contribution in [2.24, 2.45) is 0 Å². The zero-order valence-corrected chi connectivity index (χ0v) is 17.8. The van der Waals surface area contributed by atoms with Crippen LogP contribution >= 0.6 is 11.6 Å². The third kappa shape index (κ3) is 6.38. The Kier molecular flexibility index (Phi) is 7.26. The molecule has 0 aliphatic rings. The second kappa shape index (κ2) is 9.92. The highest BCUT2D eigenvalue weighted by Gasteiger charge is 2.31. The summed E-state index contributed by atoms with van der Waals surface area (Å²) in [6.45, 7) is 1.55. The number of hydrogen-bond donors (Lipinski definition) is 3. The molecule has 7 nitrogen and oxygen atoms in total. The van der Waals surface area contributed by atoms with Crippen LogP contribution in [-0.2, 0) is 0 Å². The molecule has 0 bridgehead atoms. The number of aliphatic hydroxyl groups excluding tert-OH is 1. The molecule has 2 aromatic carbocycles. The van der Waals surface area contributed by atoms with E-state index in [9.17, 15) is 18.3 Å². The van der Waals surface area contributed by atoms with Gasteiger partial charge in [0.15, 0.2) is 0 Å². The van der Waals surface area contributed by atoms with Crippen molar-refractivity contribution in [3.8, 4) is 22.8 Å². The standard InChI is InChI=1S/C21H20ClF3N4O3/c1-12(11-30)26-20-28-16(13-4-3-5-15(8-13)32-21(23,24)25)10-19(29-20)27-17-9-14(22)6-7-18(17)31-2/h3-10,12,30H,11H2,1-2H3,(H2,26,27,28,29)/t12-/m1/s1. The first-order valence-corrected chi connectivity index (χ1v) is 9.78. The molecular formula is C21H20ClF3N4O3. The van der Waals surface area contributed by atoms with E-state index in [0.717, 1.165) is 0 Å². The highest BCUT2D eigenvalue weighted by Crippen LogP contribution is 2.32. The van der Waals surface area contributed by atoms with E-state index in [0.29, 0.717) is 33.5 Å². The lowest BCUT2D eigenvalue weighted by molar-refractivity contribution is -0.274. The number of anilines is 3. The Bertz CT molecular complexity index is 1080. The van der Waals surface area contributed by atoms with Crippen LogP contribution in [0.5, 0.6) is 11.5 Å². The van der Waals surface area contributed by atoms with E-state index in [2.05, 4.69) is 25.3 Å². The number of aliphatic hydroxyl groups is 1. The average molecular weight is 469 g/mol. The van der Waals surface area contributed by atoms with Crippen LogP contribution in [0.1, 0.15) is 6.92 Å². The molecule has 0 aliphatic heterocycles.